The Morgan fingerprint density at radius 1 is 1.59 bits per heavy atom. The second-order valence-corrected chi connectivity index (χ2v) is 4.53. The predicted octanol–water partition coefficient (Wildman–Crippen LogP) is 1.19. The van der Waals surface area contributed by atoms with Crippen LogP contribution in [-0.4, -0.2) is 44.3 Å². The molecule has 0 saturated carbocycles. The average molecular weight is 259 g/mol. The minimum atomic E-state index is -0.861. The molecule has 0 bridgehead atoms. The van der Waals surface area contributed by atoms with Crippen molar-refractivity contribution in [3.63, 3.8) is 0 Å². The highest BCUT2D eigenvalue weighted by Crippen LogP contribution is 2.17. The van der Waals surface area contributed by atoms with Crippen LogP contribution in [0.15, 0.2) is 5.16 Å². The van der Waals surface area contributed by atoms with E-state index in [2.05, 4.69) is 10.2 Å². The SMILES string of the molecule is CCOC(C)Cn1c(C)nnc1SCC(=O)O. The summed E-state index contributed by atoms with van der Waals surface area (Å²) < 4.78 is 7.33. The number of aryl methyl sites for hydroxylation is 1. The minimum Gasteiger partial charge on any atom is -0.481 e. The van der Waals surface area contributed by atoms with Gasteiger partial charge < -0.3 is 14.4 Å². The van der Waals surface area contributed by atoms with Gasteiger partial charge in [0.05, 0.1) is 18.4 Å². The summed E-state index contributed by atoms with van der Waals surface area (Å²) in [6, 6.07) is 0. The second-order valence-electron chi connectivity index (χ2n) is 3.59. The molecule has 7 heteroatoms. The Hall–Kier alpha value is -1.08. The summed E-state index contributed by atoms with van der Waals surface area (Å²) in [7, 11) is 0. The number of hydrogen-bond acceptors (Lipinski definition) is 5. The third-order valence-corrected chi connectivity index (χ3v) is 3.07. The molecule has 0 aliphatic rings. The molecule has 0 saturated heterocycles. The second kappa shape index (κ2) is 6.61. The molecule has 1 atom stereocenters. The van der Waals surface area contributed by atoms with Gasteiger partial charge in [-0.05, 0) is 20.8 Å². The summed E-state index contributed by atoms with van der Waals surface area (Å²) >= 11 is 1.17. The first-order valence-corrected chi connectivity index (χ1v) is 6.39. The van der Waals surface area contributed by atoms with Crippen molar-refractivity contribution >= 4 is 17.7 Å². The fourth-order valence-corrected chi connectivity index (χ4v) is 2.11. The zero-order chi connectivity index (χ0) is 12.8. The van der Waals surface area contributed by atoms with Crippen LogP contribution in [0.5, 0.6) is 0 Å². The van der Waals surface area contributed by atoms with Crippen LogP contribution in [-0.2, 0) is 16.1 Å². The van der Waals surface area contributed by atoms with Crippen molar-refractivity contribution in [2.45, 2.75) is 38.6 Å². The van der Waals surface area contributed by atoms with E-state index in [1.807, 2.05) is 25.3 Å². The molecule has 1 aromatic rings. The van der Waals surface area contributed by atoms with E-state index < -0.39 is 5.97 Å². The van der Waals surface area contributed by atoms with Crippen molar-refractivity contribution in [1.29, 1.82) is 0 Å². The maximum Gasteiger partial charge on any atom is 0.313 e. The van der Waals surface area contributed by atoms with Crippen molar-refractivity contribution in [2.75, 3.05) is 12.4 Å². The van der Waals surface area contributed by atoms with Gasteiger partial charge in [-0.25, -0.2) is 0 Å². The summed E-state index contributed by atoms with van der Waals surface area (Å²) in [4.78, 5) is 10.5. The van der Waals surface area contributed by atoms with Crippen LogP contribution >= 0.6 is 11.8 Å². The maximum atomic E-state index is 10.5. The third-order valence-electron chi connectivity index (χ3n) is 2.12. The first kappa shape index (κ1) is 14.0. The minimum absolute atomic E-state index is 0.0127. The Kier molecular flexibility index (Phi) is 5.43. The first-order chi connectivity index (χ1) is 8.04. The van der Waals surface area contributed by atoms with Gasteiger partial charge in [-0.1, -0.05) is 11.8 Å². The van der Waals surface area contributed by atoms with Crippen molar-refractivity contribution in [3.8, 4) is 0 Å². The average Bonchev–Trinajstić information content (AvgIpc) is 2.58. The number of nitrogens with zero attached hydrogens (tertiary/aromatic N) is 3. The van der Waals surface area contributed by atoms with E-state index in [0.717, 1.165) is 5.82 Å². The van der Waals surface area contributed by atoms with Crippen molar-refractivity contribution in [1.82, 2.24) is 14.8 Å². The molecule has 0 fully saturated rings. The van der Waals surface area contributed by atoms with E-state index >= 15 is 0 Å². The van der Waals surface area contributed by atoms with E-state index in [1.54, 1.807) is 0 Å². The van der Waals surface area contributed by atoms with Crippen molar-refractivity contribution in [3.05, 3.63) is 5.82 Å². The van der Waals surface area contributed by atoms with E-state index in [1.165, 1.54) is 11.8 Å². The Morgan fingerprint density at radius 2 is 2.29 bits per heavy atom. The maximum absolute atomic E-state index is 10.5. The standard InChI is InChI=1S/C10H17N3O3S/c1-4-16-7(2)5-13-8(3)11-12-10(13)17-6-9(14)15/h7H,4-6H2,1-3H3,(H,14,15). The van der Waals surface area contributed by atoms with Crippen molar-refractivity contribution in [2.24, 2.45) is 0 Å². The molecule has 0 radical (unpaired) electrons. The van der Waals surface area contributed by atoms with Gasteiger partial charge >= 0.3 is 5.97 Å². The highest BCUT2D eigenvalue weighted by Gasteiger charge is 2.13. The number of aromatic nitrogens is 3. The lowest BCUT2D eigenvalue weighted by molar-refractivity contribution is -0.133. The fourth-order valence-electron chi connectivity index (χ4n) is 1.40. The summed E-state index contributed by atoms with van der Waals surface area (Å²) in [5, 5.41) is 17.2. The number of aliphatic carboxylic acids is 1. The molecule has 6 nitrogen and oxygen atoms in total. The van der Waals surface area contributed by atoms with Crippen molar-refractivity contribution < 1.29 is 14.6 Å². The van der Waals surface area contributed by atoms with Gasteiger partial charge in [0.25, 0.3) is 0 Å². The molecule has 96 valence electrons. The number of carbonyl (C=O) groups is 1. The van der Waals surface area contributed by atoms with Crippen LogP contribution in [0.25, 0.3) is 0 Å². The van der Waals surface area contributed by atoms with Gasteiger partial charge in [0.2, 0.25) is 0 Å². The predicted molar refractivity (Wildman–Crippen MR) is 64.2 cm³/mol. The summed E-state index contributed by atoms with van der Waals surface area (Å²) in [5.41, 5.74) is 0. The molecule has 0 spiro atoms. The molecule has 0 aliphatic carbocycles. The van der Waals surface area contributed by atoms with Gasteiger partial charge in [0, 0.05) is 6.61 Å². The van der Waals surface area contributed by atoms with E-state index in [9.17, 15) is 4.79 Å². The molecule has 1 rings (SSSR count). The number of ether oxygens (including phenoxy) is 1. The largest absolute Gasteiger partial charge is 0.481 e. The highest BCUT2D eigenvalue weighted by atomic mass is 32.2. The Bertz CT molecular complexity index is 381. The molecular weight excluding hydrogens is 242 g/mol. The highest BCUT2D eigenvalue weighted by molar-refractivity contribution is 7.99. The van der Waals surface area contributed by atoms with Crippen LogP contribution < -0.4 is 0 Å². The van der Waals surface area contributed by atoms with Gasteiger partial charge in [0.15, 0.2) is 5.16 Å². The molecule has 0 aromatic carbocycles. The number of carboxylic acids is 1. The Balaban J connectivity index is 2.68. The number of carboxylic acid groups (broad SMARTS) is 1. The molecular formula is C10H17N3O3S. The molecule has 17 heavy (non-hydrogen) atoms. The third kappa shape index (κ3) is 4.35. The molecule has 1 heterocycles. The lowest BCUT2D eigenvalue weighted by Gasteiger charge is -2.14. The zero-order valence-corrected chi connectivity index (χ0v) is 11.0. The van der Waals surface area contributed by atoms with Crippen LogP contribution in [0.4, 0.5) is 0 Å². The van der Waals surface area contributed by atoms with Gasteiger partial charge in [-0.2, -0.15) is 0 Å². The smallest absolute Gasteiger partial charge is 0.313 e. The van der Waals surface area contributed by atoms with Crippen LogP contribution in [0.3, 0.4) is 0 Å². The quantitative estimate of drug-likeness (QED) is 0.741. The van der Waals surface area contributed by atoms with Gasteiger partial charge in [-0.15, -0.1) is 10.2 Å². The first-order valence-electron chi connectivity index (χ1n) is 5.40. The summed E-state index contributed by atoms with van der Waals surface area (Å²) in [6.45, 7) is 7.04. The van der Waals surface area contributed by atoms with Gasteiger partial charge in [0.1, 0.15) is 5.82 Å². The summed E-state index contributed by atoms with van der Waals surface area (Å²) in [5.74, 6) is -0.106. The fraction of sp³-hybridized carbons (Fsp3) is 0.700. The Labute approximate surface area is 104 Å². The molecule has 1 N–H and O–H groups in total. The van der Waals surface area contributed by atoms with E-state index in [0.29, 0.717) is 18.3 Å². The van der Waals surface area contributed by atoms with Gasteiger partial charge in [-0.3, -0.25) is 4.79 Å². The number of rotatable bonds is 7. The van der Waals surface area contributed by atoms with Crippen LogP contribution in [0, 0.1) is 6.92 Å². The lowest BCUT2D eigenvalue weighted by Crippen LogP contribution is -2.18. The number of thioether (sulfide) groups is 1. The topological polar surface area (TPSA) is 77.2 Å². The summed E-state index contributed by atoms with van der Waals surface area (Å²) in [6.07, 6.45) is 0.0545. The van der Waals surface area contributed by atoms with E-state index in [-0.39, 0.29) is 11.9 Å². The molecule has 1 aromatic heterocycles. The molecule has 0 amide bonds. The number of hydrogen-bond donors (Lipinski definition) is 1. The Morgan fingerprint density at radius 3 is 2.88 bits per heavy atom. The van der Waals surface area contributed by atoms with Crippen LogP contribution in [0.2, 0.25) is 0 Å². The lowest BCUT2D eigenvalue weighted by atomic mass is 10.4. The van der Waals surface area contributed by atoms with Crippen LogP contribution in [0.1, 0.15) is 19.7 Å². The zero-order valence-electron chi connectivity index (χ0n) is 10.2. The normalized spacial score (nSPS) is 12.6. The van der Waals surface area contributed by atoms with E-state index in [4.69, 9.17) is 9.84 Å². The molecule has 0 aliphatic heterocycles. The monoisotopic (exact) mass is 259 g/mol. The molecule has 1 unspecified atom stereocenters.